The summed E-state index contributed by atoms with van der Waals surface area (Å²) in [4.78, 5) is 50.9. The van der Waals surface area contributed by atoms with Gasteiger partial charge in [0.2, 0.25) is 0 Å². The lowest BCUT2D eigenvalue weighted by molar-refractivity contribution is 0.0598. The number of hydrogen-bond acceptors (Lipinski definition) is 5. The Labute approximate surface area is 189 Å². The van der Waals surface area contributed by atoms with Gasteiger partial charge in [-0.25, -0.2) is 4.98 Å². The van der Waals surface area contributed by atoms with E-state index in [1.165, 1.54) is 11.3 Å². The number of nitrogens with zero attached hydrogens (tertiary/aromatic N) is 3. The minimum Gasteiger partial charge on any atom is -0.332 e. The standard InChI is InChI=1S/C24H24N4O3S/c29-22-17-11-13-27(24(31)20-10-6-14-32-20)15-18(17)25-21(26-22)19-9-4-5-12-28(19)23(30)16-7-2-1-3-8-16/h1-3,6-8,10,14,19H,4-5,9,11-13,15H2,(H,25,26,29). The summed E-state index contributed by atoms with van der Waals surface area (Å²) in [5.41, 5.74) is 1.75. The van der Waals surface area contributed by atoms with E-state index >= 15 is 0 Å². The molecule has 1 atom stereocenters. The molecule has 2 aliphatic heterocycles. The maximum atomic E-state index is 13.2. The molecule has 3 aromatic rings. The van der Waals surface area contributed by atoms with Gasteiger partial charge in [-0.05, 0) is 49.3 Å². The van der Waals surface area contributed by atoms with Crippen LogP contribution in [0.3, 0.4) is 0 Å². The average molecular weight is 449 g/mol. The molecule has 0 saturated carbocycles. The minimum absolute atomic E-state index is 0.0344. The van der Waals surface area contributed by atoms with E-state index in [4.69, 9.17) is 4.98 Å². The quantitative estimate of drug-likeness (QED) is 0.665. The van der Waals surface area contributed by atoms with E-state index in [1.807, 2.05) is 52.7 Å². The van der Waals surface area contributed by atoms with Gasteiger partial charge in [0.25, 0.3) is 17.4 Å². The number of carbonyl (C=O) groups excluding carboxylic acids is 2. The molecule has 7 nitrogen and oxygen atoms in total. The maximum absolute atomic E-state index is 13.2. The summed E-state index contributed by atoms with van der Waals surface area (Å²) in [6.45, 7) is 1.43. The molecule has 0 spiro atoms. The van der Waals surface area contributed by atoms with Crippen molar-refractivity contribution in [3.63, 3.8) is 0 Å². The Balaban J connectivity index is 1.44. The summed E-state index contributed by atoms with van der Waals surface area (Å²) in [5, 5.41) is 1.88. The number of carbonyl (C=O) groups is 2. The van der Waals surface area contributed by atoms with Gasteiger partial charge < -0.3 is 14.8 Å². The van der Waals surface area contributed by atoms with Gasteiger partial charge in [0.15, 0.2) is 0 Å². The molecule has 1 N–H and O–H groups in total. The van der Waals surface area contributed by atoms with Crippen LogP contribution in [0.5, 0.6) is 0 Å². The summed E-state index contributed by atoms with van der Waals surface area (Å²) in [7, 11) is 0. The van der Waals surface area contributed by atoms with Gasteiger partial charge in [-0.15, -0.1) is 11.3 Å². The molecule has 5 rings (SSSR count). The van der Waals surface area contributed by atoms with Crippen LogP contribution in [0.25, 0.3) is 0 Å². The van der Waals surface area contributed by atoms with Crippen molar-refractivity contribution in [3.05, 3.63) is 85.7 Å². The van der Waals surface area contributed by atoms with Crippen LogP contribution in [0.1, 0.15) is 62.4 Å². The highest BCUT2D eigenvalue weighted by Gasteiger charge is 2.32. The second kappa shape index (κ2) is 8.70. The minimum atomic E-state index is -0.280. The molecule has 8 heteroatoms. The third kappa shape index (κ3) is 3.86. The number of likely N-dealkylation sites (tertiary alicyclic amines) is 1. The van der Waals surface area contributed by atoms with Crippen LogP contribution >= 0.6 is 11.3 Å². The Hall–Kier alpha value is -3.26. The molecule has 0 aliphatic carbocycles. The number of thiophene rings is 1. The molecule has 1 unspecified atom stereocenters. The molecule has 0 radical (unpaired) electrons. The van der Waals surface area contributed by atoms with Crippen LogP contribution in [0.2, 0.25) is 0 Å². The monoisotopic (exact) mass is 448 g/mol. The number of aromatic amines is 1. The first-order valence-corrected chi connectivity index (χ1v) is 11.8. The molecule has 1 aromatic carbocycles. The highest BCUT2D eigenvalue weighted by molar-refractivity contribution is 7.12. The van der Waals surface area contributed by atoms with Crippen LogP contribution in [0.15, 0.2) is 52.6 Å². The molecular formula is C24H24N4O3S. The van der Waals surface area contributed by atoms with Gasteiger partial charge in [0.05, 0.1) is 23.2 Å². The average Bonchev–Trinajstić information content (AvgIpc) is 3.38. The van der Waals surface area contributed by atoms with E-state index in [1.54, 1.807) is 4.90 Å². The van der Waals surface area contributed by atoms with Crippen molar-refractivity contribution in [1.29, 1.82) is 0 Å². The number of amides is 2. The van der Waals surface area contributed by atoms with Crippen LogP contribution in [-0.4, -0.2) is 44.7 Å². The largest absolute Gasteiger partial charge is 0.332 e. The maximum Gasteiger partial charge on any atom is 0.264 e. The Bertz CT molecular complexity index is 1190. The van der Waals surface area contributed by atoms with E-state index in [-0.39, 0.29) is 23.4 Å². The van der Waals surface area contributed by atoms with Crippen LogP contribution in [0.4, 0.5) is 0 Å². The normalized spacial score (nSPS) is 18.3. The zero-order valence-corrected chi connectivity index (χ0v) is 18.4. The first kappa shape index (κ1) is 20.6. The van der Waals surface area contributed by atoms with Gasteiger partial charge in [0, 0.05) is 24.2 Å². The summed E-state index contributed by atoms with van der Waals surface area (Å²) in [6, 6.07) is 12.6. The van der Waals surface area contributed by atoms with Crippen molar-refractivity contribution >= 4 is 23.2 Å². The van der Waals surface area contributed by atoms with E-state index in [9.17, 15) is 14.4 Å². The van der Waals surface area contributed by atoms with E-state index in [0.29, 0.717) is 53.6 Å². The molecule has 2 aromatic heterocycles. The van der Waals surface area contributed by atoms with Crippen molar-refractivity contribution < 1.29 is 9.59 Å². The number of H-pyrrole nitrogens is 1. The number of hydrogen-bond donors (Lipinski definition) is 1. The number of nitrogens with one attached hydrogen (secondary N) is 1. The Kier molecular flexibility index (Phi) is 5.61. The molecule has 164 valence electrons. The number of rotatable bonds is 3. The molecule has 1 fully saturated rings. The molecule has 4 heterocycles. The van der Waals surface area contributed by atoms with Crippen molar-refractivity contribution in [2.75, 3.05) is 13.1 Å². The summed E-state index contributed by atoms with van der Waals surface area (Å²) < 4.78 is 0. The molecule has 32 heavy (non-hydrogen) atoms. The zero-order valence-electron chi connectivity index (χ0n) is 17.6. The fourth-order valence-electron chi connectivity index (χ4n) is 4.55. The van der Waals surface area contributed by atoms with Crippen LogP contribution < -0.4 is 5.56 Å². The summed E-state index contributed by atoms with van der Waals surface area (Å²) in [5.74, 6) is 0.432. The number of piperidine rings is 1. The fraction of sp³-hybridized carbons (Fsp3) is 0.333. The Morgan fingerprint density at radius 1 is 1.03 bits per heavy atom. The first-order chi connectivity index (χ1) is 15.6. The van der Waals surface area contributed by atoms with E-state index in [2.05, 4.69) is 4.98 Å². The number of fused-ring (bicyclic) bond motifs is 1. The second-order valence-corrected chi connectivity index (χ2v) is 9.15. The Morgan fingerprint density at radius 2 is 1.88 bits per heavy atom. The third-order valence-electron chi connectivity index (χ3n) is 6.21. The predicted octanol–water partition coefficient (Wildman–Crippen LogP) is 3.40. The lowest BCUT2D eigenvalue weighted by Crippen LogP contribution is -2.42. The number of benzene rings is 1. The summed E-state index contributed by atoms with van der Waals surface area (Å²) in [6.07, 6.45) is 3.12. The molecule has 2 aliphatic rings. The van der Waals surface area contributed by atoms with Crippen molar-refractivity contribution in [2.45, 2.75) is 38.3 Å². The molecule has 1 saturated heterocycles. The molecule has 2 amide bonds. The zero-order chi connectivity index (χ0) is 22.1. The Morgan fingerprint density at radius 3 is 2.66 bits per heavy atom. The van der Waals surface area contributed by atoms with Gasteiger partial charge >= 0.3 is 0 Å². The smallest absolute Gasteiger partial charge is 0.264 e. The highest BCUT2D eigenvalue weighted by atomic mass is 32.1. The van der Waals surface area contributed by atoms with E-state index < -0.39 is 0 Å². The molecule has 0 bridgehead atoms. The third-order valence-corrected chi connectivity index (χ3v) is 7.07. The van der Waals surface area contributed by atoms with E-state index in [0.717, 1.165) is 19.3 Å². The van der Waals surface area contributed by atoms with Gasteiger partial charge in [0.1, 0.15) is 5.82 Å². The predicted molar refractivity (Wildman–Crippen MR) is 122 cm³/mol. The highest BCUT2D eigenvalue weighted by Crippen LogP contribution is 2.31. The fourth-order valence-corrected chi connectivity index (χ4v) is 5.24. The summed E-state index contributed by atoms with van der Waals surface area (Å²) >= 11 is 1.41. The topological polar surface area (TPSA) is 86.4 Å². The SMILES string of the molecule is O=C(c1cccs1)N1CCc2c(nc(C3CCCCN3C(=O)c3ccccc3)[nH]c2=O)C1. The lowest BCUT2D eigenvalue weighted by Gasteiger charge is -2.36. The van der Waals surface area contributed by atoms with Crippen LogP contribution in [-0.2, 0) is 13.0 Å². The van der Waals surface area contributed by atoms with Crippen molar-refractivity contribution in [1.82, 2.24) is 19.8 Å². The lowest BCUT2D eigenvalue weighted by atomic mass is 9.99. The molecular weight excluding hydrogens is 424 g/mol. The van der Waals surface area contributed by atoms with Gasteiger partial charge in [-0.1, -0.05) is 24.3 Å². The van der Waals surface area contributed by atoms with Crippen molar-refractivity contribution in [3.8, 4) is 0 Å². The number of aromatic nitrogens is 2. The first-order valence-electron chi connectivity index (χ1n) is 10.9. The van der Waals surface area contributed by atoms with Crippen LogP contribution in [0, 0.1) is 0 Å². The second-order valence-electron chi connectivity index (χ2n) is 8.21. The van der Waals surface area contributed by atoms with Gasteiger partial charge in [-0.2, -0.15) is 0 Å². The van der Waals surface area contributed by atoms with Gasteiger partial charge in [-0.3, -0.25) is 14.4 Å². The van der Waals surface area contributed by atoms with Crippen molar-refractivity contribution in [2.24, 2.45) is 0 Å².